The van der Waals surface area contributed by atoms with Gasteiger partial charge < -0.3 is 20.4 Å². The second kappa shape index (κ2) is 8.71. The van der Waals surface area contributed by atoms with Crippen molar-refractivity contribution in [2.24, 2.45) is 0 Å². The minimum Gasteiger partial charge on any atom is -0.481 e. The van der Waals surface area contributed by atoms with Gasteiger partial charge in [-0.15, -0.1) is 11.6 Å². The van der Waals surface area contributed by atoms with E-state index in [4.69, 9.17) is 26.9 Å². The first-order valence-corrected chi connectivity index (χ1v) is 3.70. The van der Waals surface area contributed by atoms with Crippen molar-refractivity contribution in [3.05, 3.63) is 0 Å². The topological polar surface area (TPSA) is 132 Å². The van der Waals surface area contributed by atoms with Crippen LogP contribution >= 0.6 is 11.6 Å². The van der Waals surface area contributed by atoms with Gasteiger partial charge in [-0.2, -0.15) is 0 Å². The molecule has 0 amide bonds. The summed E-state index contributed by atoms with van der Waals surface area (Å²) in [7, 11) is 0. The molecule has 7 nitrogen and oxygen atoms in total. The molecule has 2 unspecified atom stereocenters. The summed E-state index contributed by atoms with van der Waals surface area (Å²) in [5.41, 5.74) is -3.01. The zero-order valence-corrected chi connectivity index (χ0v) is 13.4. The molecule has 16 heavy (non-hydrogen) atoms. The van der Waals surface area contributed by atoms with Crippen molar-refractivity contribution in [2.45, 2.75) is 17.4 Å². The molecule has 0 rings (SSSR count). The van der Waals surface area contributed by atoms with Crippen molar-refractivity contribution in [3.63, 3.8) is 0 Å². The first kappa shape index (κ1) is 21.9. The molecule has 0 aromatic carbocycles. The number of rotatable bonds is 5. The van der Waals surface area contributed by atoms with Gasteiger partial charge in [-0.3, -0.25) is 9.59 Å². The van der Waals surface area contributed by atoms with Gasteiger partial charge in [0.1, 0.15) is 0 Å². The Hall–Kier alpha value is 0.660. The number of aliphatic hydroxyl groups is 1. The van der Waals surface area contributed by atoms with E-state index in [1.165, 1.54) is 0 Å². The fourth-order valence-corrected chi connectivity index (χ4v) is 0.879. The van der Waals surface area contributed by atoms with Gasteiger partial charge in [0.05, 0.1) is 6.42 Å². The van der Waals surface area contributed by atoms with Crippen molar-refractivity contribution in [1.82, 2.24) is 0 Å². The van der Waals surface area contributed by atoms with E-state index in [0.29, 0.717) is 0 Å². The summed E-state index contributed by atoms with van der Waals surface area (Å²) in [5.74, 6) is -5.47. The maximum Gasteiger partial charge on any atom is 1.00 e. The normalized spacial score (nSPS) is 14.6. The third-order valence-electron chi connectivity index (χ3n) is 1.43. The van der Waals surface area contributed by atoms with Crippen LogP contribution in [0.3, 0.4) is 0 Å². The van der Waals surface area contributed by atoms with Crippen LogP contribution in [0.5, 0.6) is 0 Å². The summed E-state index contributed by atoms with van der Waals surface area (Å²) >= 11 is 5.07. The number of hydrogen-bond acceptors (Lipinski definition) is 4. The number of aliphatic carboxylic acids is 3. The Labute approximate surface area is 139 Å². The molecule has 0 aliphatic carbocycles. The molecule has 10 heteroatoms. The summed E-state index contributed by atoms with van der Waals surface area (Å²) in [6, 6.07) is 0. The number of carbonyl (C=O) groups is 3. The molecule has 2 atom stereocenters. The molecule has 0 aliphatic rings. The van der Waals surface area contributed by atoms with Crippen LogP contribution in [-0.2, 0) is 14.4 Å². The van der Waals surface area contributed by atoms with E-state index in [9.17, 15) is 19.5 Å². The molecule has 0 bridgehead atoms. The Bertz CT molecular complexity index is 284. The second-order valence-corrected chi connectivity index (χ2v) is 2.94. The molecule has 0 aromatic heterocycles. The van der Waals surface area contributed by atoms with Crippen LogP contribution in [-0.4, -0.2) is 49.3 Å². The van der Waals surface area contributed by atoms with Crippen LogP contribution in [0.4, 0.5) is 0 Å². The molecule has 0 spiro atoms. The number of carboxylic acid groups (broad SMARTS) is 3. The Morgan fingerprint density at radius 1 is 1.12 bits per heavy atom. The Morgan fingerprint density at radius 2 is 1.50 bits per heavy atom. The largest absolute Gasteiger partial charge is 1.00 e. The van der Waals surface area contributed by atoms with Crippen molar-refractivity contribution in [3.8, 4) is 0 Å². The zero-order valence-electron chi connectivity index (χ0n) is 8.68. The monoisotopic (exact) mass is 272 g/mol. The van der Waals surface area contributed by atoms with E-state index in [0.717, 1.165) is 0 Å². The Morgan fingerprint density at radius 3 is 1.69 bits per heavy atom. The van der Waals surface area contributed by atoms with Gasteiger partial charge in [0.25, 0.3) is 0 Å². The molecule has 0 heterocycles. The van der Waals surface area contributed by atoms with Crippen LogP contribution in [0.25, 0.3) is 0 Å². The standard InChI is InChI=1S/C6H7ClO7.2Na/c7-3(4(10)11)6(14,5(12)13)1-2(8)9;;/h3,14H,1H2,(H,8,9)(H,10,11)(H,12,13);;/q;2*+1. The SMILES string of the molecule is O=C(O)CC(O)(C(=O)O)C(Cl)C(=O)O.[Na+].[Na+]. The minimum absolute atomic E-state index is 0. The zero-order chi connectivity index (χ0) is 11.5. The molecule has 0 fully saturated rings. The van der Waals surface area contributed by atoms with Crippen LogP contribution < -0.4 is 59.1 Å². The minimum atomic E-state index is -3.01. The van der Waals surface area contributed by atoms with Gasteiger partial charge in [0.15, 0.2) is 11.0 Å². The summed E-state index contributed by atoms with van der Waals surface area (Å²) in [6.45, 7) is 0. The number of alkyl halides is 1. The predicted molar refractivity (Wildman–Crippen MR) is 42.1 cm³/mol. The van der Waals surface area contributed by atoms with Gasteiger partial charge in [-0.1, -0.05) is 0 Å². The Balaban J connectivity index is -0.000000845. The van der Waals surface area contributed by atoms with E-state index in [-0.39, 0.29) is 59.1 Å². The average molecular weight is 273 g/mol. The smallest absolute Gasteiger partial charge is 0.481 e. The molecule has 0 aromatic rings. The van der Waals surface area contributed by atoms with Crippen LogP contribution in [0.2, 0.25) is 0 Å². The van der Waals surface area contributed by atoms with Gasteiger partial charge in [-0.05, 0) is 0 Å². The molecule has 0 radical (unpaired) electrons. The third kappa shape index (κ3) is 5.83. The van der Waals surface area contributed by atoms with E-state index < -0.39 is 35.3 Å². The van der Waals surface area contributed by atoms with E-state index in [1.807, 2.05) is 0 Å². The Kier molecular flexibility index (Phi) is 11.9. The number of hydrogen-bond donors (Lipinski definition) is 4. The summed E-state index contributed by atoms with van der Waals surface area (Å²) in [4.78, 5) is 30.9. The van der Waals surface area contributed by atoms with Crippen LogP contribution in [0.1, 0.15) is 6.42 Å². The fraction of sp³-hybridized carbons (Fsp3) is 0.500. The van der Waals surface area contributed by atoms with Gasteiger partial charge in [0.2, 0.25) is 0 Å². The molecule has 0 aliphatic heterocycles. The first-order valence-electron chi connectivity index (χ1n) is 3.26. The van der Waals surface area contributed by atoms with Gasteiger partial charge in [0, 0.05) is 0 Å². The average Bonchev–Trinajstić information content (AvgIpc) is 2.00. The second-order valence-electron chi connectivity index (χ2n) is 2.50. The van der Waals surface area contributed by atoms with Crippen LogP contribution in [0.15, 0.2) is 0 Å². The van der Waals surface area contributed by atoms with Crippen molar-refractivity contribution < 1.29 is 93.9 Å². The summed E-state index contributed by atoms with van der Waals surface area (Å²) < 4.78 is 0. The van der Waals surface area contributed by atoms with Gasteiger partial charge >= 0.3 is 77.0 Å². The maximum atomic E-state index is 10.4. The van der Waals surface area contributed by atoms with Crippen molar-refractivity contribution in [2.75, 3.05) is 0 Å². The predicted octanol–water partition coefficient (Wildman–Crippen LogP) is -7.02. The van der Waals surface area contributed by atoms with Crippen molar-refractivity contribution in [1.29, 1.82) is 0 Å². The molecule has 80 valence electrons. The number of carboxylic acids is 3. The van der Waals surface area contributed by atoms with E-state index in [1.54, 1.807) is 0 Å². The maximum absolute atomic E-state index is 10.4. The third-order valence-corrected chi connectivity index (χ3v) is 1.97. The van der Waals surface area contributed by atoms with Crippen LogP contribution in [0, 0.1) is 0 Å². The molecular weight excluding hydrogens is 265 g/mol. The first-order chi connectivity index (χ1) is 6.21. The van der Waals surface area contributed by atoms with Gasteiger partial charge in [-0.25, -0.2) is 4.79 Å². The van der Waals surface area contributed by atoms with E-state index in [2.05, 4.69) is 0 Å². The molecule has 4 N–H and O–H groups in total. The quantitative estimate of drug-likeness (QED) is 0.289. The van der Waals surface area contributed by atoms with E-state index >= 15 is 0 Å². The summed E-state index contributed by atoms with van der Waals surface area (Å²) in [6.07, 6.45) is -1.29. The molecular formula is C6H7ClNa2O7+2. The molecule has 0 saturated carbocycles. The number of halogens is 1. The fourth-order valence-electron chi connectivity index (χ4n) is 0.708. The van der Waals surface area contributed by atoms with Crippen molar-refractivity contribution >= 4 is 29.5 Å². The summed E-state index contributed by atoms with van der Waals surface area (Å²) in [5, 5.41) is 32.0. The molecule has 0 saturated heterocycles.